The van der Waals surface area contributed by atoms with Gasteiger partial charge in [-0.25, -0.2) is 9.18 Å². The van der Waals surface area contributed by atoms with Crippen LogP contribution in [-0.2, 0) is 0 Å². The van der Waals surface area contributed by atoms with Crippen molar-refractivity contribution >= 4 is 17.4 Å². The maximum atomic E-state index is 14.3. The lowest BCUT2D eigenvalue weighted by atomic mass is 10.1. The lowest BCUT2D eigenvalue weighted by Gasteiger charge is -2.20. The Labute approximate surface area is 146 Å². The van der Waals surface area contributed by atoms with Crippen LogP contribution in [-0.4, -0.2) is 30.8 Å². The Morgan fingerprint density at radius 3 is 2.52 bits per heavy atom. The molecule has 0 aromatic heterocycles. The summed E-state index contributed by atoms with van der Waals surface area (Å²) in [5.41, 5.74) is 1.75. The summed E-state index contributed by atoms with van der Waals surface area (Å²) >= 11 is 0. The van der Waals surface area contributed by atoms with E-state index in [2.05, 4.69) is 10.6 Å². The summed E-state index contributed by atoms with van der Waals surface area (Å²) < 4.78 is 14.3. The molecule has 1 heterocycles. The zero-order valence-corrected chi connectivity index (χ0v) is 13.9. The topological polar surface area (TPSA) is 64.6 Å². The molecule has 5 nitrogen and oxygen atoms in total. The quantitative estimate of drug-likeness (QED) is 0.781. The zero-order chi connectivity index (χ0) is 17.6. The number of aliphatic hydroxyl groups excluding tert-OH is 1. The van der Waals surface area contributed by atoms with Gasteiger partial charge in [0.2, 0.25) is 0 Å². The van der Waals surface area contributed by atoms with Crippen LogP contribution in [0.5, 0.6) is 0 Å². The Bertz CT molecular complexity index is 718. The van der Waals surface area contributed by atoms with Gasteiger partial charge in [-0.1, -0.05) is 30.3 Å². The van der Waals surface area contributed by atoms with Crippen LogP contribution in [0.3, 0.4) is 0 Å². The largest absolute Gasteiger partial charge is 0.394 e. The number of carbonyl (C=O) groups excluding carboxylic acids is 1. The van der Waals surface area contributed by atoms with Crippen LogP contribution in [0, 0.1) is 5.82 Å². The highest BCUT2D eigenvalue weighted by atomic mass is 19.1. The van der Waals surface area contributed by atoms with Gasteiger partial charge < -0.3 is 20.6 Å². The van der Waals surface area contributed by atoms with Crippen LogP contribution in [0.1, 0.15) is 24.4 Å². The van der Waals surface area contributed by atoms with E-state index in [4.69, 9.17) is 0 Å². The van der Waals surface area contributed by atoms with Crippen LogP contribution < -0.4 is 15.5 Å². The van der Waals surface area contributed by atoms with Crippen LogP contribution in [0.4, 0.5) is 20.6 Å². The molecule has 2 aromatic carbocycles. The fourth-order valence-corrected chi connectivity index (χ4v) is 3.04. The summed E-state index contributed by atoms with van der Waals surface area (Å²) in [6.07, 6.45) is 2.15. The van der Waals surface area contributed by atoms with Crippen molar-refractivity contribution in [1.29, 1.82) is 0 Å². The number of hydrogen-bond acceptors (Lipinski definition) is 3. The van der Waals surface area contributed by atoms with Gasteiger partial charge in [0.25, 0.3) is 0 Å². The Hall–Kier alpha value is -2.60. The summed E-state index contributed by atoms with van der Waals surface area (Å²) in [6, 6.07) is 12.9. The van der Waals surface area contributed by atoms with Crippen LogP contribution in [0.2, 0.25) is 0 Å². The van der Waals surface area contributed by atoms with Crippen molar-refractivity contribution in [2.24, 2.45) is 0 Å². The van der Waals surface area contributed by atoms with Gasteiger partial charge in [-0.05, 0) is 36.6 Å². The third-order valence-corrected chi connectivity index (χ3v) is 4.34. The highest BCUT2D eigenvalue weighted by Gasteiger charge is 2.17. The number of nitrogens with one attached hydrogen (secondary N) is 2. The average molecular weight is 343 g/mol. The molecule has 0 saturated carbocycles. The molecule has 1 saturated heterocycles. The van der Waals surface area contributed by atoms with E-state index in [1.54, 1.807) is 12.1 Å². The molecule has 0 aliphatic carbocycles. The molecule has 2 amide bonds. The molecule has 132 valence electrons. The molecule has 1 atom stereocenters. The Morgan fingerprint density at radius 1 is 1.16 bits per heavy atom. The predicted molar refractivity (Wildman–Crippen MR) is 96.3 cm³/mol. The zero-order valence-electron chi connectivity index (χ0n) is 13.9. The molecule has 0 radical (unpaired) electrons. The first-order valence-electron chi connectivity index (χ1n) is 8.45. The van der Waals surface area contributed by atoms with Crippen molar-refractivity contribution < 1.29 is 14.3 Å². The number of anilines is 2. The number of nitrogens with zero attached hydrogens (tertiary/aromatic N) is 1. The summed E-state index contributed by atoms with van der Waals surface area (Å²) in [7, 11) is 0. The van der Waals surface area contributed by atoms with Gasteiger partial charge in [-0.3, -0.25) is 0 Å². The van der Waals surface area contributed by atoms with E-state index >= 15 is 0 Å². The smallest absolute Gasteiger partial charge is 0.319 e. The van der Waals surface area contributed by atoms with E-state index in [1.807, 2.05) is 35.2 Å². The Kier molecular flexibility index (Phi) is 5.50. The van der Waals surface area contributed by atoms with Gasteiger partial charge in [-0.2, -0.15) is 0 Å². The minimum atomic E-state index is -0.519. The van der Waals surface area contributed by atoms with Gasteiger partial charge in [0.15, 0.2) is 0 Å². The average Bonchev–Trinajstić information content (AvgIpc) is 3.15. The summed E-state index contributed by atoms with van der Waals surface area (Å²) in [5.74, 6) is -0.346. The molecule has 6 heteroatoms. The molecule has 3 rings (SSSR count). The molecule has 2 aromatic rings. The van der Waals surface area contributed by atoms with Crippen molar-refractivity contribution in [3.8, 4) is 0 Å². The summed E-state index contributed by atoms with van der Waals surface area (Å²) in [5, 5.41) is 14.8. The summed E-state index contributed by atoms with van der Waals surface area (Å²) in [4.78, 5) is 14.2. The number of rotatable bonds is 5. The fourth-order valence-electron chi connectivity index (χ4n) is 3.04. The molecular weight excluding hydrogens is 321 g/mol. The first-order valence-corrected chi connectivity index (χ1v) is 8.45. The Balaban J connectivity index is 1.63. The summed E-state index contributed by atoms with van der Waals surface area (Å²) in [6.45, 7) is 1.50. The molecule has 0 spiro atoms. The van der Waals surface area contributed by atoms with Crippen molar-refractivity contribution in [3.63, 3.8) is 0 Å². The van der Waals surface area contributed by atoms with Gasteiger partial charge in [-0.15, -0.1) is 0 Å². The first kappa shape index (κ1) is 17.2. The maximum absolute atomic E-state index is 14.3. The van der Waals surface area contributed by atoms with E-state index in [9.17, 15) is 14.3 Å². The minimum Gasteiger partial charge on any atom is -0.394 e. The van der Waals surface area contributed by atoms with Crippen molar-refractivity contribution in [2.45, 2.75) is 18.9 Å². The van der Waals surface area contributed by atoms with Gasteiger partial charge in [0, 0.05) is 18.8 Å². The third kappa shape index (κ3) is 4.28. The number of amides is 2. The first-order chi connectivity index (χ1) is 12.2. The highest BCUT2D eigenvalue weighted by molar-refractivity contribution is 5.89. The number of hydrogen-bond donors (Lipinski definition) is 3. The van der Waals surface area contributed by atoms with E-state index in [0.717, 1.165) is 31.5 Å². The molecule has 25 heavy (non-hydrogen) atoms. The SMILES string of the molecule is O=C(Nc1ccc(N2CCCC2)c(F)c1)NC(CO)c1ccccc1. The standard InChI is InChI=1S/C19H22FN3O2/c20-16-12-15(8-9-18(16)23-10-4-5-11-23)21-19(25)22-17(13-24)14-6-2-1-3-7-14/h1-3,6-9,12,17,24H,4-5,10-11,13H2,(H2,21,22,25). The van der Waals surface area contributed by atoms with E-state index in [0.29, 0.717) is 11.4 Å². The number of carbonyl (C=O) groups is 1. The predicted octanol–water partition coefficient (Wildman–Crippen LogP) is 3.28. The van der Waals surface area contributed by atoms with Crippen molar-refractivity contribution in [2.75, 3.05) is 29.9 Å². The maximum Gasteiger partial charge on any atom is 0.319 e. The van der Waals surface area contributed by atoms with Crippen LogP contribution in [0.15, 0.2) is 48.5 Å². The second-order valence-corrected chi connectivity index (χ2v) is 6.10. The van der Waals surface area contributed by atoms with E-state index in [-0.39, 0.29) is 12.4 Å². The third-order valence-electron chi connectivity index (χ3n) is 4.34. The monoisotopic (exact) mass is 343 g/mol. The highest BCUT2D eigenvalue weighted by Crippen LogP contribution is 2.26. The van der Waals surface area contributed by atoms with E-state index < -0.39 is 12.1 Å². The van der Waals surface area contributed by atoms with Crippen molar-refractivity contribution in [1.82, 2.24) is 5.32 Å². The number of urea groups is 1. The molecule has 1 aliphatic rings. The van der Waals surface area contributed by atoms with Crippen LogP contribution >= 0.6 is 0 Å². The fraction of sp³-hybridized carbons (Fsp3) is 0.316. The number of benzene rings is 2. The molecule has 1 unspecified atom stereocenters. The molecule has 3 N–H and O–H groups in total. The molecule has 1 aliphatic heterocycles. The van der Waals surface area contributed by atoms with Crippen molar-refractivity contribution in [3.05, 3.63) is 59.9 Å². The minimum absolute atomic E-state index is 0.223. The van der Waals surface area contributed by atoms with Gasteiger partial charge in [0.1, 0.15) is 5.82 Å². The number of halogens is 1. The second kappa shape index (κ2) is 7.98. The van der Waals surface area contributed by atoms with Crippen LogP contribution in [0.25, 0.3) is 0 Å². The number of aliphatic hydroxyl groups is 1. The molecule has 0 bridgehead atoms. The van der Waals surface area contributed by atoms with E-state index in [1.165, 1.54) is 6.07 Å². The van der Waals surface area contributed by atoms with Gasteiger partial charge >= 0.3 is 6.03 Å². The lowest BCUT2D eigenvalue weighted by molar-refractivity contribution is 0.225. The Morgan fingerprint density at radius 2 is 1.88 bits per heavy atom. The normalized spacial score (nSPS) is 15.0. The lowest BCUT2D eigenvalue weighted by Crippen LogP contribution is -2.34. The molecular formula is C19H22FN3O2. The molecule has 1 fully saturated rings. The second-order valence-electron chi connectivity index (χ2n) is 6.10. The van der Waals surface area contributed by atoms with Gasteiger partial charge in [0.05, 0.1) is 18.3 Å².